The Balaban J connectivity index is 2.81. The minimum atomic E-state index is -0.795. The van der Waals surface area contributed by atoms with E-state index in [0.717, 1.165) is 6.07 Å². The van der Waals surface area contributed by atoms with Gasteiger partial charge in [-0.2, -0.15) is 0 Å². The maximum atomic E-state index is 13.6. The maximum absolute atomic E-state index is 13.6. The first-order chi connectivity index (χ1) is 8.45. The van der Waals surface area contributed by atoms with E-state index in [4.69, 9.17) is 4.74 Å². The summed E-state index contributed by atoms with van der Waals surface area (Å²) in [6.07, 6.45) is -0.795. The van der Waals surface area contributed by atoms with Crippen LogP contribution in [0.15, 0.2) is 16.6 Å². The molecule has 1 aromatic carbocycles. The molecule has 0 saturated heterocycles. The topological polar surface area (TPSA) is 84.6 Å². The Hall–Kier alpha value is -1.25. The van der Waals surface area contributed by atoms with Gasteiger partial charge in [-0.05, 0) is 15.9 Å². The first-order valence-corrected chi connectivity index (χ1v) is 5.79. The lowest BCUT2D eigenvalue weighted by Gasteiger charge is -2.13. The molecule has 0 aromatic heterocycles. The van der Waals surface area contributed by atoms with E-state index in [-0.39, 0.29) is 29.0 Å². The van der Waals surface area contributed by atoms with Crippen molar-refractivity contribution in [1.29, 1.82) is 0 Å². The summed E-state index contributed by atoms with van der Waals surface area (Å²) in [5.74, 6) is -0.763. The molecule has 1 aromatic rings. The number of aliphatic hydroxyl groups excluding tert-OH is 1. The van der Waals surface area contributed by atoms with Gasteiger partial charge in [0.1, 0.15) is 0 Å². The highest BCUT2D eigenvalue weighted by Crippen LogP contribution is 2.30. The molecule has 18 heavy (non-hydrogen) atoms. The molecule has 0 heterocycles. The number of non-ortho nitro benzene ring substituents is 1. The third-order valence-electron chi connectivity index (χ3n) is 2.11. The molecule has 1 rings (SSSR count). The number of methoxy groups -OCH3 is 1. The van der Waals surface area contributed by atoms with Crippen molar-refractivity contribution >= 4 is 27.3 Å². The highest BCUT2D eigenvalue weighted by atomic mass is 79.9. The molecule has 100 valence electrons. The number of nitrogens with zero attached hydrogens (tertiary/aromatic N) is 1. The van der Waals surface area contributed by atoms with E-state index in [2.05, 4.69) is 21.2 Å². The Kier molecular flexibility index (Phi) is 5.45. The van der Waals surface area contributed by atoms with E-state index in [1.807, 2.05) is 0 Å². The van der Waals surface area contributed by atoms with E-state index in [1.165, 1.54) is 13.2 Å². The highest BCUT2D eigenvalue weighted by molar-refractivity contribution is 9.10. The number of aliphatic hydroxyl groups is 1. The van der Waals surface area contributed by atoms with E-state index in [9.17, 15) is 19.6 Å². The Morgan fingerprint density at radius 3 is 2.83 bits per heavy atom. The van der Waals surface area contributed by atoms with Gasteiger partial charge in [-0.1, -0.05) is 0 Å². The quantitative estimate of drug-likeness (QED) is 0.617. The van der Waals surface area contributed by atoms with Crippen molar-refractivity contribution in [2.75, 3.05) is 25.6 Å². The van der Waals surface area contributed by atoms with E-state index >= 15 is 0 Å². The van der Waals surface area contributed by atoms with Gasteiger partial charge < -0.3 is 15.2 Å². The SMILES string of the molecule is COC[C@@H](O)CNc1c(F)cc([N+](=O)[O-])cc1Br. The lowest BCUT2D eigenvalue weighted by Crippen LogP contribution is -2.24. The summed E-state index contributed by atoms with van der Waals surface area (Å²) >= 11 is 3.04. The van der Waals surface area contributed by atoms with Crippen LogP contribution in [0.4, 0.5) is 15.8 Å². The van der Waals surface area contributed by atoms with Crippen LogP contribution in [0.25, 0.3) is 0 Å². The largest absolute Gasteiger partial charge is 0.389 e. The van der Waals surface area contributed by atoms with Gasteiger partial charge in [0.05, 0.1) is 33.9 Å². The summed E-state index contributed by atoms with van der Waals surface area (Å²) in [5, 5.41) is 22.6. The zero-order valence-electron chi connectivity index (χ0n) is 9.52. The molecule has 0 radical (unpaired) electrons. The number of nitrogens with one attached hydrogen (secondary N) is 1. The normalized spacial score (nSPS) is 12.2. The Bertz CT molecular complexity index is 421. The van der Waals surface area contributed by atoms with Gasteiger partial charge in [-0.25, -0.2) is 4.39 Å². The fourth-order valence-electron chi connectivity index (χ4n) is 1.31. The number of nitro groups is 1. The number of halogens is 2. The monoisotopic (exact) mass is 322 g/mol. The van der Waals surface area contributed by atoms with E-state index in [1.54, 1.807) is 0 Å². The Morgan fingerprint density at radius 2 is 2.33 bits per heavy atom. The fraction of sp³-hybridized carbons (Fsp3) is 0.400. The summed E-state index contributed by atoms with van der Waals surface area (Å²) in [7, 11) is 1.44. The van der Waals surface area contributed by atoms with Crippen molar-refractivity contribution in [2.45, 2.75) is 6.10 Å². The second-order valence-corrected chi connectivity index (χ2v) is 4.39. The summed E-state index contributed by atoms with van der Waals surface area (Å²) in [5.41, 5.74) is -0.280. The molecule has 0 saturated carbocycles. The third kappa shape index (κ3) is 3.90. The number of rotatable bonds is 6. The lowest BCUT2D eigenvalue weighted by molar-refractivity contribution is -0.385. The van der Waals surface area contributed by atoms with Gasteiger partial charge in [-0.3, -0.25) is 10.1 Å². The minimum absolute atomic E-state index is 0.0655. The van der Waals surface area contributed by atoms with Crippen LogP contribution in [-0.2, 0) is 4.74 Å². The van der Waals surface area contributed by atoms with Gasteiger partial charge in [0.2, 0.25) is 0 Å². The van der Waals surface area contributed by atoms with Crippen molar-refractivity contribution in [2.24, 2.45) is 0 Å². The standard InChI is InChI=1S/C10H12BrFN2O4/c1-18-5-7(15)4-13-10-8(11)2-6(14(16)17)3-9(10)12/h2-3,7,13,15H,4-5H2,1H3/t7-/m0/s1. The van der Waals surface area contributed by atoms with Crippen molar-refractivity contribution in [3.05, 3.63) is 32.5 Å². The summed E-state index contributed by atoms with van der Waals surface area (Å²) in [6, 6.07) is 2.00. The molecule has 2 N–H and O–H groups in total. The van der Waals surface area contributed by atoms with Crippen LogP contribution < -0.4 is 5.32 Å². The number of hydrogen-bond donors (Lipinski definition) is 2. The van der Waals surface area contributed by atoms with Crippen LogP contribution >= 0.6 is 15.9 Å². The number of anilines is 1. The zero-order valence-corrected chi connectivity index (χ0v) is 11.1. The van der Waals surface area contributed by atoms with Gasteiger partial charge >= 0.3 is 0 Å². The molecule has 6 nitrogen and oxygen atoms in total. The molecule has 0 aliphatic rings. The summed E-state index contributed by atoms with van der Waals surface area (Å²) in [6.45, 7) is 0.181. The second-order valence-electron chi connectivity index (χ2n) is 3.53. The molecule has 0 bridgehead atoms. The van der Waals surface area contributed by atoms with Crippen molar-refractivity contribution in [3.8, 4) is 0 Å². The molecule has 1 atom stereocenters. The first-order valence-electron chi connectivity index (χ1n) is 5.00. The van der Waals surface area contributed by atoms with Crippen LogP contribution in [0.2, 0.25) is 0 Å². The predicted octanol–water partition coefficient (Wildman–Crippen LogP) is 1.92. The molecular formula is C10H12BrFN2O4. The number of benzene rings is 1. The number of nitro benzene ring substituents is 1. The fourth-order valence-corrected chi connectivity index (χ4v) is 1.87. The zero-order chi connectivity index (χ0) is 13.7. The van der Waals surface area contributed by atoms with Gasteiger partial charge in [-0.15, -0.1) is 0 Å². The van der Waals surface area contributed by atoms with Crippen molar-refractivity contribution in [3.63, 3.8) is 0 Å². The summed E-state index contributed by atoms with van der Waals surface area (Å²) < 4.78 is 18.5. The van der Waals surface area contributed by atoms with E-state index < -0.39 is 16.8 Å². The average Bonchev–Trinajstić information content (AvgIpc) is 2.27. The molecular weight excluding hydrogens is 311 g/mol. The molecule has 0 aliphatic carbocycles. The number of hydrogen-bond acceptors (Lipinski definition) is 5. The molecule has 8 heteroatoms. The minimum Gasteiger partial charge on any atom is -0.389 e. The third-order valence-corrected chi connectivity index (χ3v) is 2.74. The number of ether oxygens (including phenoxy) is 1. The highest BCUT2D eigenvalue weighted by Gasteiger charge is 2.16. The summed E-state index contributed by atoms with van der Waals surface area (Å²) in [4.78, 5) is 9.83. The molecule has 0 spiro atoms. The molecule has 0 unspecified atom stereocenters. The smallest absolute Gasteiger partial charge is 0.273 e. The Labute approximate surface area is 111 Å². The van der Waals surface area contributed by atoms with Crippen molar-refractivity contribution < 1.29 is 19.2 Å². The van der Waals surface area contributed by atoms with Crippen LogP contribution in [0.5, 0.6) is 0 Å². The second kappa shape index (κ2) is 6.62. The molecule has 0 amide bonds. The molecule has 0 aliphatic heterocycles. The van der Waals surface area contributed by atoms with Gasteiger partial charge in [0.15, 0.2) is 5.82 Å². The van der Waals surface area contributed by atoms with Crippen LogP contribution in [0, 0.1) is 15.9 Å². The maximum Gasteiger partial charge on any atom is 0.273 e. The van der Waals surface area contributed by atoms with Crippen LogP contribution in [0.3, 0.4) is 0 Å². The van der Waals surface area contributed by atoms with E-state index in [0.29, 0.717) is 0 Å². The predicted molar refractivity (Wildman–Crippen MR) is 67.1 cm³/mol. The van der Waals surface area contributed by atoms with Gasteiger partial charge in [0, 0.05) is 19.7 Å². The molecule has 0 fully saturated rings. The Morgan fingerprint density at radius 1 is 1.67 bits per heavy atom. The lowest BCUT2D eigenvalue weighted by atomic mass is 10.2. The average molecular weight is 323 g/mol. The van der Waals surface area contributed by atoms with Crippen LogP contribution in [-0.4, -0.2) is 36.4 Å². The van der Waals surface area contributed by atoms with Crippen LogP contribution in [0.1, 0.15) is 0 Å². The van der Waals surface area contributed by atoms with Gasteiger partial charge in [0.25, 0.3) is 5.69 Å². The first kappa shape index (κ1) is 14.8. The van der Waals surface area contributed by atoms with Crippen molar-refractivity contribution in [1.82, 2.24) is 0 Å².